The Bertz CT molecular complexity index is 510. The minimum Gasteiger partial charge on any atom is -0.357 e. The molecule has 24 heavy (non-hydrogen) atoms. The molecule has 1 aliphatic heterocycles. The van der Waals surface area contributed by atoms with Crippen LogP contribution in [0, 0.1) is 11.7 Å². The number of rotatable bonds is 7. The maximum absolute atomic E-state index is 13.7. The predicted octanol–water partition coefficient (Wildman–Crippen LogP) is 3.00. The summed E-state index contributed by atoms with van der Waals surface area (Å²) in [6.07, 6.45) is 3.36. The van der Waals surface area contributed by atoms with Crippen LogP contribution < -0.4 is 10.6 Å². The number of likely N-dealkylation sites (tertiary alicyclic amines) is 1. The summed E-state index contributed by atoms with van der Waals surface area (Å²) < 4.78 is 13.7. The minimum atomic E-state index is -0.0958. The molecule has 0 aliphatic carbocycles. The van der Waals surface area contributed by atoms with E-state index in [-0.39, 0.29) is 5.82 Å². The van der Waals surface area contributed by atoms with Gasteiger partial charge in [-0.3, -0.25) is 9.89 Å². The molecule has 2 N–H and O–H groups in total. The maximum Gasteiger partial charge on any atom is 0.191 e. The van der Waals surface area contributed by atoms with Crippen molar-refractivity contribution in [2.24, 2.45) is 10.9 Å². The molecule has 5 heteroatoms. The van der Waals surface area contributed by atoms with Gasteiger partial charge in [0.1, 0.15) is 5.82 Å². The predicted molar refractivity (Wildman–Crippen MR) is 98.7 cm³/mol. The van der Waals surface area contributed by atoms with E-state index in [0.29, 0.717) is 12.5 Å². The van der Waals surface area contributed by atoms with Crippen molar-refractivity contribution in [1.82, 2.24) is 15.5 Å². The highest BCUT2D eigenvalue weighted by Gasteiger charge is 2.19. The number of halogens is 1. The average Bonchev–Trinajstić information content (AvgIpc) is 2.60. The van der Waals surface area contributed by atoms with Crippen molar-refractivity contribution in [3.8, 4) is 0 Å². The number of nitrogens with zero attached hydrogens (tertiary/aromatic N) is 2. The van der Waals surface area contributed by atoms with Gasteiger partial charge >= 0.3 is 0 Å². The molecule has 0 unspecified atom stereocenters. The smallest absolute Gasteiger partial charge is 0.191 e. The zero-order chi connectivity index (χ0) is 17.2. The zero-order valence-electron chi connectivity index (χ0n) is 15.0. The molecule has 1 aromatic rings. The van der Waals surface area contributed by atoms with Gasteiger partial charge in [-0.05, 0) is 51.3 Å². The summed E-state index contributed by atoms with van der Waals surface area (Å²) in [5.74, 6) is 1.45. The first kappa shape index (κ1) is 18.7. The summed E-state index contributed by atoms with van der Waals surface area (Å²) in [7, 11) is 0. The van der Waals surface area contributed by atoms with Crippen molar-refractivity contribution in [2.75, 3.05) is 32.7 Å². The fourth-order valence-electron chi connectivity index (χ4n) is 3.00. The number of hydrogen-bond donors (Lipinski definition) is 2. The quantitative estimate of drug-likeness (QED) is 0.595. The first-order valence-electron chi connectivity index (χ1n) is 9.20. The number of guanidine groups is 1. The van der Waals surface area contributed by atoms with Crippen molar-refractivity contribution in [1.29, 1.82) is 0 Å². The molecule has 1 saturated heterocycles. The van der Waals surface area contributed by atoms with Gasteiger partial charge in [0, 0.05) is 31.7 Å². The summed E-state index contributed by atoms with van der Waals surface area (Å²) in [6, 6.07) is 7.08. The maximum atomic E-state index is 13.7. The van der Waals surface area contributed by atoms with Crippen LogP contribution in [-0.4, -0.2) is 43.6 Å². The Kier molecular flexibility index (Phi) is 8.02. The van der Waals surface area contributed by atoms with E-state index in [0.717, 1.165) is 63.5 Å². The fourth-order valence-corrected chi connectivity index (χ4v) is 3.00. The van der Waals surface area contributed by atoms with Gasteiger partial charge < -0.3 is 10.6 Å². The van der Waals surface area contributed by atoms with Gasteiger partial charge in [-0.2, -0.15) is 0 Å². The lowest BCUT2D eigenvalue weighted by molar-refractivity contribution is 0.179. The van der Waals surface area contributed by atoms with Crippen LogP contribution in [0.3, 0.4) is 0 Å². The lowest BCUT2D eigenvalue weighted by Crippen LogP contribution is -2.39. The summed E-state index contributed by atoms with van der Waals surface area (Å²) in [4.78, 5) is 7.06. The molecule has 0 amide bonds. The van der Waals surface area contributed by atoms with Crippen LogP contribution >= 0.6 is 0 Å². The van der Waals surface area contributed by atoms with E-state index in [4.69, 9.17) is 4.99 Å². The van der Waals surface area contributed by atoms with Crippen LogP contribution in [0.15, 0.2) is 29.3 Å². The highest BCUT2D eigenvalue weighted by molar-refractivity contribution is 5.79. The van der Waals surface area contributed by atoms with Gasteiger partial charge in [-0.25, -0.2) is 4.39 Å². The number of nitrogens with one attached hydrogen (secondary N) is 2. The monoisotopic (exact) mass is 334 g/mol. The summed E-state index contributed by atoms with van der Waals surface area (Å²) in [5, 5.41) is 6.64. The van der Waals surface area contributed by atoms with Gasteiger partial charge in [-0.1, -0.05) is 25.1 Å². The van der Waals surface area contributed by atoms with Crippen molar-refractivity contribution in [3.63, 3.8) is 0 Å². The summed E-state index contributed by atoms with van der Waals surface area (Å²) >= 11 is 0. The van der Waals surface area contributed by atoms with E-state index < -0.39 is 0 Å². The van der Waals surface area contributed by atoms with E-state index in [2.05, 4.69) is 29.4 Å². The summed E-state index contributed by atoms with van der Waals surface area (Å²) in [6.45, 7) is 9.70. The third kappa shape index (κ3) is 6.11. The van der Waals surface area contributed by atoms with Crippen molar-refractivity contribution in [2.45, 2.75) is 39.7 Å². The zero-order valence-corrected chi connectivity index (χ0v) is 15.0. The van der Waals surface area contributed by atoms with Gasteiger partial charge in [-0.15, -0.1) is 0 Å². The molecule has 1 heterocycles. The van der Waals surface area contributed by atoms with Crippen LogP contribution in [0.2, 0.25) is 0 Å². The number of benzene rings is 1. The van der Waals surface area contributed by atoms with Crippen LogP contribution in [0.1, 0.15) is 38.7 Å². The van der Waals surface area contributed by atoms with Crippen molar-refractivity contribution in [3.05, 3.63) is 35.6 Å². The van der Waals surface area contributed by atoms with E-state index in [1.54, 1.807) is 12.1 Å². The van der Waals surface area contributed by atoms with E-state index in [1.807, 2.05) is 12.1 Å². The van der Waals surface area contributed by atoms with E-state index in [9.17, 15) is 4.39 Å². The number of piperidine rings is 1. The highest BCUT2D eigenvalue weighted by atomic mass is 19.1. The molecule has 1 aliphatic rings. The van der Waals surface area contributed by atoms with Gasteiger partial charge in [0.2, 0.25) is 0 Å². The molecule has 0 bridgehead atoms. The second-order valence-corrected chi connectivity index (χ2v) is 6.46. The van der Waals surface area contributed by atoms with E-state index in [1.165, 1.54) is 0 Å². The molecule has 0 atom stereocenters. The van der Waals surface area contributed by atoms with Gasteiger partial charge in [0.25, 0.3) is 0 Å². The molecular formula is C19H31FN4. The Morgan fingerprint density at radius 2 is 1.96 bits per heavy atom. The molecule has 4 nitrogen and oxygen atoms in total. The van der Waals surface area contributed by atoms with Crippen molar-refractivity contribution < 1.29 is 4.39 Å². The first-order chi connectivity index (χ1) is 11.7. The highest BCUT2D eigenvalue weighted by Crippen LogP contribution is 2.20. The largest absolute Gasteiger partial charge is 0.357 e. The molecule has 2 rings (SSSR count). The van der Waals surface area contributed by atoms with Crippen LogP contribution in [0.5, 0.6) is 0 Å². The fraction of sp³-hybridized carbons (Fsp3) is 0.632. The summed E-state index contributed by atoms with van der Waals surface area (Å²) in [5.41, 5.74) is 0.798. The van der Waals surface area contributed by atoms with Gasteiger partial charge in [0.05, 0.1) is 0 Å². The molecule has 0 aromatic heterocycles. The Morgan fingerprint density at radius 1 is 1.21 bits per heavy atom. The molecular weight excluding hydrogens is 303 g/mol. The Morgan fingerprint density at radius 3 is 2.62 bits per heavy atom. The normalized spacial score (nSPS) is 17.0. The van der Waals surface area contributed by atoms with Crippen LogP contribution in [0.4, 0.5) is 4.39 Å². The Labute approximate surface area is 145 Å². The lowest BCUT2D eigenvalue weighted by atomic mass is 9.96. The SMILES string of the molecule is CCCNC(=NCC1CCN(Cc2ccccc2F)CC1)NCC. The van der Waals surface area contributed by atoms with Crippen LogP contribution in [0.25, 0.3) is 0 Å². The minimum absolute atomic E-state index is 0.0958. The topological polar surface area (TPSA) is 39.7 Å². The molecule has 0 spiro atoms. The first-order valence-corrected chi connectivity index (χ1v) is 9.20. The third-order valence-electron chi connectivity index (χ3n) is 4.45. The molecule has 0 saturated carbocycles. The second kappa shape index (κ2) is 10.3. The third-order valence-corrected chi connectivity index (χ3v) is 4.45. The average molecular weight is 334 g/mol. The molecule has 1 aromatic carbocycles. The second-order valence-electron chi connectivity index (χ2n) is 6.46. The Balaban J connectivity index is 1.76. The molecule has 1 fully saturated rings. The van der Waals surface area contributed by atoms with E-state index >= 15 is 0 Å². The Hall–Kier alpha value is -1.62. The van der Waals surface area contributed by atoms with Crippen LogP contribution in [-0.2, 0) is 6.54 Å². The van der Waals surface area contributed by atoms with Crippen molar-refractivity contribution >= 4 is 5.96 Å². The molecule has 0 radical (unpaired) electrons. The van der Waals surface area contributed by atoms with Gasteiger partial charge in [0.15, 0.2) is 5.96 Å². The number of aliphatic imine (C=N–C) groups is 1. The number of hydrogen-bond acceptors (Lipinski definition) is 2. The lowest BCUT2D eigenvalue weighted by Gasteiger charge is -2.31. The molecule has 134 valence electrons. The standard InChI is InChI=1S/C19H31FN4/c1-3-11-22-19(21-4-2)23-14-16-9-12-24(13-10-16)15-17-7-5-6-8-18(17)20/h5-8,16H,3-4,9-15H2,1-2H3,(H2,21,22,23).